The number of benzene rings is 3. The first-order valence-corrected chi connectivity index (χ1v) is 12.6. The van der Waals surface area contributed by atoms with E-state index in [2.05, 4.69) is 6.07 Å². The van der Waals surface area contributed by atoms with Crippen LogP contribution >= 0.6 is 11.8 Å². The average Bonchev–Trinajstić information content (AvgIpc) is 2.96. The van der Waals surface area contributed by atoms with Gasteiger partial charge in [-0.1, -0.05) is 54.6 Å². The Labute approximate surface area is 219 Å². The molecule has 7 nitrogen and oxygen atoms in total. The maximum atomic E-state index is 13.2. The lowest BCUT2D eigenvalue weighted by Crippen LogP contribution is -2.40. The lowest BCUT2D eigenvalue weighted by Gasteiger charge is -2.35. The standard InChI is InChI=1S/C29H25N3O4S/c1-35-28(33)25-24(20-7-5-4-6-8-20)23(17-30)27(31)32(26(25)29(34)36-2)21-13-9-18(10-14-21)19-11-15-22(37-3)16-12-19/h4-16,24H,31H2,1-3H3. The van der Waals surface area contributed by atoms with Crippen molar-refractivity contribution < 1.29 is 19.1 Å². The molecule has 186 valence electrons. The summed E-state index contributed by atoms with van der Waals surface area (Å²) in [6.07, 6.45) is 2.02. The monoisotopic (exact) mass is 511 g/mol. The van der Waals surface area contributed by atoms with E-state index in [4.69, 9.17) is 15.2 Å². The molecule has 0 radical (unpaired) electrons. The summed E-state index contributed by atoms with van der Waals surface area (Å²) in [5.74, 6) is -2.41. The highest BCUT2D eigenvalue weighted by molar-refractivity contribution is 7.98. The molecule has 8 heteroatoms. The molecule has 0 saturated heterocycles. The molecule has 4 rings (SSSR count). The molecule has 0 fully saturated rings. The van der Waals surface area contributed by atoms with Crippen molar-refractivity contribution in [3.8, 4) is 17.2 Å². The first-order valence-electron chi connectivity index (χ1n) is 11.3. The molecule has 0 amide bonds. The smallest absolute Gasteiger partial charge is 0.355 e. The molecule has 1 atom stereocenters. The number of ether oxygens (including phenoxy) is 2. The second-order valence-electron chi connectivity index (χ2n) is 8.11. The summed E-state index contributed by atoms with van der Waals surface area (Å²) in [5.41, 5.74) is 9.63. The van der Waals surface area contributed by atoms with Crippen molar-refractivity contribution in [1.82, 2.24) is 0 Å². The molecule has 1 aliphatic rings. The molecule has 0 aliphatic carbocycles. The van der Waals surface area contributed by atoms with Crippen LogP contribution in [0.15, 0.2) is 106 Å². The Balaban J connectivity index is 1.90. The molecule has 0 saturated carbocycles. The van der Waals surface area contributed by atoms with Crippen molar-refractivity contribution in [2.24, 2.45) is 5.73 Å². The molecule has 0 bridgehead atoms. The van der Waals surface area contributed by atoms with E-state index in [0.717, 1.165) is 16.0 Å². The van der Waals surface area contributed by atoms with E-state index in [1.165, 1.54) is 19.1 Å². The Morgan fingerprint density at radius 3 is 1.97 bits per heavy atom. The number of carbonyl (C=O) groups excluding carboxylic acids is 2. The Morgan fingerprint density at radius 2 is 1.46 bits per heavy atom. The fourth-order valence-electron chi connectivity index (χ4n) is 4.37. The first-order chi connectivity index (χ1) is 17.9. The lowest BCUT2D eigenvalue weighted by molar-refractivity contribution is -0.139. The summed E-state index contributed by atoms with van der Waals surface area (Å²) < 4.78 is 10.1. The van der Waals surface area contributed by atoms with Crippen molar-refractivity contribution in [3.63, 3.8) is 0 Å². The number of carbonyl (C=O) groups is 2. The third-order valence-corrected chi connectivity index (χ3v) is 6.90. The third kappa shape index (κ3) is 4.82. The lowest BCUT2D eigenvalue weighted by atomic mass is 9.81. The third-order valence-electron chi connectivity index (χ3n) is 6.16. The van der Waals surface area contributed by atoms with E-state index < -0.39 is 17.9 Å². The van der Waals surface area contributed by atoms with E-state index in [1.807, 2.05) is 48.7 Å². The summed E-state index contributed by atoms with van der Waals surface area (Å²) in [6, 6.07) is 26.5. The summed E-state index contributed by atoms with van der Waals surface area (Å²) in [5, 5.41) is 10.1. The Hall–Kier alpha value is -4.48. The second kappa shape index (κ2) is 11.1. The largest absolute Gasteiger partial charge is 0.466 e. The van der Waals surface area contributed by atoms with Crippen LogP contribution in [0.2, 0.25) is 0 Å². The highest BCUT2D eigenvalue weighted by Gasteiger charge is 2.42. The maximum Gasteiger partial charge on any atom is 0.355 e. The molecule has 1 aliphatic heterocycles. The number of hydrogen-bond donors (Lipinski definition) is 1. The van der Waals surface area contributed by atoms with Gasteiger partial charge >= 0.3 is 11.9 Å². The number of anilines is 1. The minimum Gasteiger partial charge on any atom is -0.466 e. The van der Waals surface area contributed by atoms with Crippen molar-refractivity contribution >= 4 is 29.4 Å². The van der Waals surface area contributed by atoms with Crippen molar-refractivity contribution in [2.45, 2.75) is 10.8 Å². The summed E-state index contributed by atoms with van der Waals surface area (Å²) in [6.45, 7) is 0. The van der Waals surface area contributed by atoms with Crippen LogP contribution in [0.25, 0.3) is 11.1 Å². The van der Waals surface area contributed by atoms with Crippen LogP contribution in [-0.4, -0.2) is 32.4 Å². The quantitative estimate of drug-likeness (QED) is 0.365. The van der Waals surface area contributed by atoms with E-state index in [0.29, 0.717) is 11.3 Å². The fourth-order valence-corrected chi connectivity index (χ4v) is 4.78. The Bertz CT molecular complexity index is 1420. The van der Waals surface area contributed by atoms with Crippen molar-refractivity contribution in [1.29, 1.82) is 5.26 Å². The molecule has 1 heterocycles. The maximum absolute atomic E-state index is 13.2. The summed E-state index contributed by atoms with van der Waals surface area (Å²) >= 11 is 1.67. The first kappa shape index (κ1) is 25.6. The van der Waals surface area contributed by atoms with Gasteiger partial charge in [0.15, 0.2) is 0 Å². The number of esters is 2. The van der Waals surface area contributed by atoms with E-state index in [1.54, 1.807) is 48.2 Å². The van der Waals surface area contributed by atoms with Crippen LogP contribution in [0.4, 0.5) is 5.69 Å². The molecule has 3 aromatic rings. The number of methoxy groups -OCH3 is 2. The number of thioether (sulfide) groups is 1. The molecule has 2 N–H and O–H groups in total. The SMILES string of the molecule is COC(=O)C1=C(C(=O)OC)N(c2ccc(-c3ccc(SC)cc3)cc2)C(N)=C(C#N)C1c1ccccc1. The van der Waals surface area contributed by atoms with Crippen LogP contribution in [0, 0.1) is 11.3 Å². The zero-order valence-corrected chi connectivity index (χ0v) is 21.4. The Morgan fingerprint density at radius 1 is 0.892 bits per heavy atom. The van der Waals surface area contributed by atoms with E-state index in [9.17, 15) is 14.9 Å². The number of rotatable bonds is 6. The van der Waals surface area contributed by atoms with Crippen LogP contribution in [0.1, 0.15) is 11.5 Å². The van der Waals surface area contributed by atoms with Gasteiger partial charge in [0.25, 0.3) is 0 Å². The van der Waals surface area contributed by atoms with Gasteiger partial charge in [-0.15, -0.1) is 11.8 Å². The number of nitrogens with zero attached hydrogens (tertiary/aromatic N) is 2. The van der Waals surface area contributed by atoms with Crippen LogP contribution in [-0.2, 0) is 19.1 Å². The van der Waals surface area contributed by atoms with Gasteiger partial charge in [-0.25, -0.2) is 9.59 Å². The number of allylic oxidation sites excluding steroid dienone is 1. The fraction of sp³-hybridized carbons (Fsp3) is 0.138. The van der Waals surface area contributed by atoms with Crippen LogP contribution in [0.3, 0.4) is 0 Å². The topological polar surface area (TPSA) is 106 Å². The second-order valence-corrected chi connectivity index (χ2v) is 8.99. The molecular formula is C29H25N3O4S. The van der Waals surface area contributed by atoms with Crippen LogP contribution < -0.4 is 10.6 Å². The Kier molecular flexibility index (Phi) is 7.66. The van der Waals surface area contributed by atoms with Crippen molar-refractivity contribution in [3.05, 3.63) is 107 Å². The number of nitrogens with two attached hydrogens (primary N) is 1. The molecule has 0 aromatic heterocycles. The highest BCUT2D eigenvalue weighted by atomic mass is 32.2. The minimum absolute atomic E-state index is 0.0250. The molecule has 37 heavy (non-hydrogen) atoms. The van der Waals surface area contributed by atoms with Crippen molar-refractivity contribution in [2.75, 3.05) is 25.4 Å². The molecule has 3 aromatic carbocycles. The zero-order valence-electron chi connectivity index (χ0n) is 20.6. The van der Waals surface area contributed by atoms with Gasteiger partial charge in [-0.3, -0.25) is 4.90 Å². The minimum atomic E-state index is -0.904. The number of nitriles is 1. The van der Waals surface area contributed by atoms with Gasteiger partial charge < -0.3 is 15.2 Å². The van der Waals surface area contributed by atoms with Gasteiger partial charge in [0.05, 0.1) is 37.4 Å². The predicted molar refractivity (Wildman–Crippen MR) is 143 cm³/mol. The van der Waals surface area contributed by atoms with E-state index >= 15 is 0 Å². The van der Waals surface area contributed by atoms with E-state index in [-0.39, 0.29) is 22.7 Å². The molecule has 0 spiro atoms. The highest BCUT2D eigenvalue weighted by Crippen LogP contribution is 2.43. The van der Waals surface area contributed by atoms with Gasteiger partial charge in [0.1, 0.15) is 11.5 Å². The average molecular weight is 512 g/mol. The number of hydrogen-bond acceptors (Lipinski definition) is 8. The van der Waals surface area contributed by atoms with Gasteiger partial charge in [0.2, 0.25) is 0 Å². The predicted octanol–water partition coefficient (Wildman–Crippen LogP) is 4.97. The molecule has 1 unspecified atom stereocenters. The summed E-state index contributed by atoms with van der Waals surface area (Å²) in [4.78, 5) is 28.8. The summed E-state index contributed by atoms with van der Waals surface area (Å²) in [7, 11) is 2.45. The van der Waals surface area contributed by atoms with Gasteiger partial charge in [-0.2, -0.15) is 5.26 Å². The normalized spacial score (nSPS) is 15.3. The van der Waals surface area contributed by atoms with Gasteiger partial charge in [-0.05, 0) is 47.2 Å². The van der Waals surface area contributed by atoms with Gasteiger partial charge in [0, 0.05) is 10.6 Å². The zero-order chi connectivity index (χ0) is 26.5. The molecular weight excluding hydrogens is 486 g/mol. The van der Waals surface area contributed by atoms with Crippen LogP contribution in [0.5, 0.6) is 0 Å².